The maximum absolute atomic E-state index is 11.1. The van der Waals surface area contributed by atoms with Gasteiger partial charge in [-0.2, -0.15) is 0 Å². The fourth-order valence-corrected chi connectivity index (χ4v) is 3.09. The second-order valence-electron chi connectivity index (χ2n) is 6.27. The summed E-state index contributed by atoms with van der Waals surface area (Å²) in [5.41, 5.74) is 2.30. The molecule has 1 aliphatic rings. The van der Waals surface area contributed by atoms with Crippen molar-refractivity contribution in [3.8, 4) is 5.75 Å². The molecule has 0 bridgehead atoms. The molecule has 0 unspecified atom stereocenters. The van der Waals surface area contributed by atoms with Crippen LogP contribution in [0.4, 0.5) is 0 Å². The molecule has 2 aromatic rings. The summed E-state index contributed by atoms with van der Waals surface area (Å²) in [5.74, 6) is 0.0498. The quantitative estimate of drug-likeness (QED) is 0.882. The Morgan fingerprint density at radius 2 is 1.71 bits per heavy atom. The van der Waals surface area contributed by atoms with Gasteiger partial charge in [-0.05, 0) is 37.6 Å². The molecule has 3 rings (SSSR count). The third-order valence-corrected chi connectivity index (χ3v) is 4.54. The summed E-state index contributed by atoms with van der Waals surface area (Å²) in [6.07, 6.45) is 1.45. The number of nitrogens with zero attached hydrogens (tertiary/aromatic N) is 1. The van der Waals surface area contributed by atoms with Crippen LogP contribution in [-0.2, 0) is 17.9 Å². The van der Waals surface area contributed by atoms with Crippen LogP contribution < -0.4 is 4.74 Å². The topological polar surface area (TPSA) is 49.8 Å². The Hall–Kier alpha value is -2.33. The summed E-state index contributed by atoms with van der Waals surface area (Å²) in [6, 6.07) is 18.2. The summed E-state index contributed by atoms with van der Waals surface area (Å²) >= 11 is 0. The van der Waals surface area contributed by atoms with E-state index in [9.17, 15) is 4.79 Å². The first-order chi connectivity index (χ1) is 11.7. The van der Waals surface area contributed by atoms with E-state index in [-0.39, 0.29) is 5.92 Å². The average molecular weight is 325 g/mol. The van der Waals surface area contributed by atoms with Gasteiger partial charge in [0, 0.05) is 12.1 Å². The Balaban J connectivity index is 1.59. The summed E-state index contributed by atoms with van der Waals surface area (Å²) in [6.45, 7) is 3.00. The molecule has 0 atom stereocenters. The smallest absolute Gasteiger partial charge is 0.306 e. The van der Waals surface area contributed by atoms with Gasteiger partial charge in [-0.15, -0.1) is 0 Å². The standard InChI is InChI=1S/C20H23NO3/c22-20(23)17-10-12-21(13-11-17)14-18-8-4-5-9-19(18)24-15-16-6-2-1-3-7-16/h1-9,17H,10-15H2,(H,22,23). The van der Waals surface area contributed by atoms with Gasteiger partial charge in [0.15, 0.2) is 0 Å². The second-order valence-corrected chi connectivity index (χ2v) is 6.27. The highest BCUT2D eigenvalue weighted by Gasteiger charge is 2.24. The average Bonchev–Trinajstić information content (AvgIpc) is 2.62. The normalized spacial score (nSPS) is 16.0. The maximum Gasteiger partial charge on any atom is 0.306 e. The number of hydrogen-bond acceptors (Lipinski definition) is 3. The molecule has 1 aliphatic heterocycles. The molecule has 0 spiro atoms. The van der Waals surface area contributed by atoms with E-state index in [0.29, 0.717) is 6.61 Å². The Morgan fingerprint density at radius 3 is 2.42 bits per heavy atom. The van der Waals surface area contributed by atoms with E-state index < -0.39 is 5.97 Å². The van der Waals surface area contributed by atoms with Crippen LogP contribution in [0.2, 0.25) is 0 Å². The molecule has 0 saturated carbocycles. The van der Waals surface area contributed by atoms with Crippen LogP contribution in [0.1, 0.15) is 24.0 Å². The highest BCUT2D eigenvalue weighted by atomic mass is 16.5. The Bertz CT molecular complexity index is 664. The molecule has 4 nitrogen and oxygen atoms in total. The number of carboxylic acid groups (broad SMARTS) is 1. The van der Waals surface area contributed by atoms with E-state index in [1.807, 2.05) is 36.4 Å². The van der Waals surface area contributed by atoms with Gasteiger partial charge in [-0.3, -0.25) is 9.69 Å². The van der Waals surface area contributed by atoms with Crippen LogP contribution in [0.3, 0.4) is 0 Å². The van der Waals surface area contributed by atoms with Crippen molar-refractivity contribution in [1.82, 2.24) is 4.90 Å². The van der Waals surface area contributed by atoms with Gasteiger partial charge in [0.2, 0.25) is 0 Å². The van der Waals surface area contributed by atoms with Crippen molar-refractivity contribution in [3.63, 3.8) is 0 Å². The van der Waals surface area contributed by atoms with E-state index in [2.05, 4.69) is 23.1 Å². The molecule has 0 aromatic heterocycles. The summed E-state index contributed by atoms with van der Waals surface area (Å²) in [7, 11) is 0. The fourth-order valence-electron chi connectivity index (χ4n) is 3.09. The van der Waals surface area contributed by atoms with Crippen molar-refractivity contribution in [2.24, 2.45) is 5.92 Å². The van der Waals surface area contributed by atoms with E-state index in [1.165, 1.54) is 0 Å². The minimum Gasteiger partial charge on any atom is -0.489 e. The minimum absolute atomic E-state index is 0.189. The lowest BCUT2D eigenvalue weighted by atomic mass is 9.97. The van der Waals surface area contributed by atoms with Crippen LogP contribution in [0.25, 0.3) is 0 Å². The van der Waals surface area contributed by atoms with Crippen molar-refractivity contribution in [2.45, 2.75) is 26.0 Å². The number of para-hydroxylation sites is 1. The van der Waals surface area contributed by atoms with Gasteiger partial charge < -0.3 is 9.84 Å². The zero-order valence-electron chi connectivity index (χ0n) is 13.7. The fraction of sp³-hybridized carbons (Fsp3) is 0.350. The second kappa shape index (κ2) is 7.97. The Kier molecular flexibility index (Phi) is 5.49. The minimum atomic E-state index is -0.666. The molecule has 2 aromatic carbocycles. The predicted molar refractivity (Wildman–Crippen MR) is 92.9 cm³/mol. The van der Waals surface area contributed by atoms with Gasteiger partial charge in [0.25, 0.3) is 0 Å². The lowest BCUT2D eigenvalue weighted by Gasteiger charge is -2.30. The number of carbonyl (C=O) groups is 1. The number of rotatable bonds is 6. The summed E-state index contributed by atoms with van der Waals surface area (Å²) in [5, 5.41) is 9.10. The molecule has 1 fully saturated rings. The van der Waals surface area contributed by atoms with E-state index >= 15 is 0 Å². The van der Waals surface area contributed by atoms with Gasteiger partial charge in [-0.1, -0.05) is 48.5 Å². The largest absolute Gasteiger partial charge is 0.489 e. The Labute approximate surface area is 142 Å². The van der Waals surface area contributed by atoms with E-state index in [1.54, 1.807) is 0 Å². The number of carboxylic acids is 1. The number of piperidine rings is 1. The van der Waals surface area contributed by atoms with Gasteiger partial charge >= 0.3 is 5.97 Å². The molecule has 24 heavy (non-hydrogen) atoms. The number of ether oxygens (including phenoxy) is 1. The monoisotopic (exact) mass is 325 g/mol. The summed E-state index contributed by atoms with van der Waals surface area (Å²) < 4.78 is 6.00. The highest BCUT2D eigenvalue weighted by Crippen LogP contribution is 2.24. The van der Waals surface area contributed by atoms with Crippen LogP contribution in [0.5, 0.6) is 5.75 Å². The first-order valence-electron chi connectivity index (χ1n) is 8.42. The number of hydrogen-bond donors (Lipinski definition) is 1. The van der Waals surface area contributed by atoms with Crippen LogP contribution in [0.15, 0.2) is 54.6 Å². The number of benzene rings is 2. The first kappa shape index (κ1) is 16.5. The molecule has 1 saturated heterocycles. The van der Waals surface area contributed by atoms with E-state index in [0.717, 1.165) is 49.4 Å². The Morgan fingerprint density at radius 1 is 1.04 bits per heavy atom. The molecule has 1 N–H and O–H groups in total. The predicted octanol–water partition coefficient (Wildman–Crippen LogP) is 3.56. The van der Waals surface area contributed by atoms with Crippen molar-refractivity contribution in [3.05, 3.63) is 65.7 Å². The molecular weight excluding hydrogens is 302 g/mol. The van der Waals surface area contributed by atoms with Crippen LogP contribution in [-0.4, -0.2) is 29.1 Å². The maximum atomic E-state index is 11.1. The number of aliphatic carboxylic acids is 1. The van der Waals surface area contributed by atoms with Gasteiger partial charge in [-0.25, -0.2) is 0 Å². The highest BCUT2D eigenvalue weighted by molar-refractivity contribution is 5.70. The van der Waals surface area contributed by atoms with Crippen LogP contribution in [0, 0.1) is 5.92 Å². The zero-order chi connectivity index (χ0) is 16.8. The SMILES string of the molecule is O=C(O)C1CCN(Cc2ccccc2OCc2ccccc2)CC1. The molecular formula is C20H23NO3. The molecule has 126 valence electrons. The first-order valence-corrected chi connectivity index (χ1v) is 8.42. The molecule has 0 aliphatic carbocycles. The molecule has 0 radical (unpaired) electrons. The zero-order valence-corrected chi connectivity index (χ0v) is 13.7. The van der Waals surface area contributed by atoms with Gasteiger partial charge in [0.05, 0.1) is 5.92 Å². The lowest BCUT2D eigenvalue weighted by molar-refractivity contribution is -0.143. The van der Waals surface area contributed by atoms with Crippen molar-refractivity contribution in [1.29, 1.82) is 0 Å². The van der Waals surface area contributed by atoms with Crippen molar-refractivity contribution in [2.75, 3.05) is 13.1 Å². The molecule has 1 heterocycles. The van der Waals surface area contributed by atoms with E-state index in [4.69, 9.17) is 9.84 Å². The van der Waals surface area contributed by atoms with Crippen molar-refractivity contribution >= 4 is 5.97 Å². The van der Waals surface area contributed by atoms with Gasteiger partial charge in [0.1, 0.15) is 12.4 Å². The third-order valence-electron chi connectivity index (χ3n) is 4.54. The van der Waals surface area contributed by atoms with Crippen LogP contribution >= 0.6 is 0 Å². The molecule has 0 amide bonds. The van der Waals surface area contributed by atoms with Crippen molar-refractivity contribution < 1.29 is 14.6 Å². The molecule has 4 heteroatoms. The number of likely N-dealkylation sites (tertiary alicyclic amines) is 1. The summed E-state index contributed by atoms with van der Waals surface area (Å²) in [4.78, 5) is 13.4. The lowest BCUT2D eigenvalue weighted by Crippen LogP contribution is -2.35. The third kappa shape index (κ3) is 4.36.